The molecule has 5 heteroatoms. The molecule has 1 saturated heterocycles. The lowest BCUT2D eigenvalue weighted by atomic mass is 9.90. The van der Waals surface area contributed by atoms with Crippen molar-refractivity contribution in [3.63, 3.8) is 0 Å². The van der Waals surface area contributed by atoms with Crippen molar-refractivity contribution in [2.75, 3.05) is 13.1 Å². The van der Waals surface area contributed by atoms with Gasteiger partial charge in [0.1, 0.15) is 12.4 Å². The maximum Gasteiger partial charge on any atom is 0.407 e. The van der Waals surface area contributed by atoms with Crippen molar-refractivity contribution >= 4 is 11.9 Å². The topological polar surface area (TPSA) is 67.4 Å². The van der Waals surface area contributed by atoms with Crippen LogP contribution in [0.1, 0.15) is 18.9 Å². The van der Waals surface area contributed by atoms with Gasteiger partial charge in [-0.3, -0.25) is 4.79 Å². The molecule has 2 rings (SSSR count). The minimum absolute atomic E-state index is 0.0885. The Bertz CT molecular complexity index is 461. The predicted molar refractivity (Wildman–Crippen MR) is 75.2 cm³/mol. The van der Waals surface area contributed by atoms with E-state index >= 15 is 0 Å². The lowest BCUT2D eigenvalue weighted by molar-refractivity contribution is -0.121. The van der Waals surface area contributed by atoms with Gasteiger partial charge in [-0.15, -0.1) is 0 Å². The van der Waals surface area contributed by atoms with E-state index in [0.717, 1.165) is 18.5 Å². The number of nitrogens with one attached hydrogen (secondary N) is 2. The predicted octanol–water partition coefficient (Wildman–Crippen LogP) is 1.48. The first-order valence-corrected chi connectivity index (χ1v) is 6.85. The molecule has 0 saturated carbocycles. The zero-order valence-corrected chi connectivity index (χ0v) is 11.6. The standard InChI is InChI=1S/C15H20N2O3/c1-11(18)13-9-16-8-7-14(13)17-15(19)20-10-12-5-3-2-4-6-12/h2-6,13-14,16H,7-10H2,1H3,(H,17,19). The molecule has 20 heavy (non-hydrogen) atoms. The molecule has 0 bridgehead atoms. The number of ketones is 1. The van der Waals surface area contributed by atoms with Gasteiger partial charge in [0.2, 0.25) is 0 Å². The minimum atomic E-state index is -0.466. The summed E-state index contributed by atoms with van der Waals surface area (Å²) in [6.45, 7) is 3.20. The van der Waals surface area contributed by atoms with E-state index in [0.29, 0.717) is 6.54 Å². The number of Topliss-reactive ketones (excluding diaryl/α,β-unsaturated/α-hetero) is 1. The number of hydrogen-bond donors (Lipinski definition) is 2. The minimum Gasteiger partial charge on any atom is -0.445 e. The van der Waals surface area contributed by atoms with Crippen molar-refractivity contribution in [3.05, 3.63) is 35.9 Å². The largest absolute Gasteiger partial charge is 0.445 e. The molecular formula is C15H20N2O3. The molecule has 1 amide bonds. The molecule has 0 aliphatic carbocycles. The van der Waals surface area contributed by atoms with Crippen LogP contribution < -0.4 is 10.6 Å². The summed E-state index contributed by atoms with van der Waals surface area (Å²) >= 11 is 0. The first kappa shape index (κ1) is 14.5. The van der Waals surface area contributed by atoms with Crippen molar-refractivity contribution < 1.29 is 14.3 Å². The molecule has 108 valence electrons. The fraction of sp³-hybridized carbons (Fsp3) is 0.467. The van der Waals surface area contributed by atoms with Gasteiger partial charge in [0.25, 0.3) is 0 Å². The van der Waals surface area contributed by atoms with Crippen molar-refractivity contribution in [1.29, 1.82) is 0 Å². The maximum atomic E-state index is 11.8. The summed E-state index contributed by atoms with van der Waals surface area (Å²) in [5, 5.41) is 5.96. The number of hydrogen-bond acceptors (Lipinski definition) is 4. The second-order valence-electron chi connectivity index (χ2n) is 5.02. The number of ether oxygens (including phenoxy) is 1. The lowest BCUT2D eigenvalue weighted by Crippen LogP contribution is -2.51. The summed E-state index contributed by atoms with van der Waals surface area (Å²) in [5.74, 6) is -0.0846. The Morgan fingerprint density at radius 2 is 2.10 bits per heavy atom. The fourth-order valence-electron chi connectivity index (χ4n) is 2.37. The average Bonchev–Trinajstić information content (AvgIpc) is 2.46. The second kappa shape index (κ2) is 7.05. The van der Waals surface area contributed by atoms with Crippen LogP contribution in [0.5, 0.6) is 0 Å². The zero-order valence-electron chi connectivity index (χ0n) is 11.6. The SMILES string of the molecule is CC(=O)C1CNCCC1NC(=O)OCc1ccccc1. The Balaban J connectivity index is 1.82. The molecule has 1 aliphatic heterocycles. The Morgan fingerprint density at radius 1 is 1.35 bits per heavy atom. The van der Waals surface area contributed by atoms with Gasteiger partial charge in [-0.1, -0.05) is 30.3 Å². The van der Waals surface area contributed by atoms with E-state index in [1.54, 1.807) is 6.92 Å². The molecule has 1 fully saturated rings. The van der Waals surface area contributed by atoms with Crippen molar-refractivity contribution in [2.24, 2.45) is 5.92 Å². The maximum absolute atomic E-state index is 11.8. The van der Waals surface area contributed by atoms with Crippen molar-refractivity contribution in [1.82, 2.24) is 10.6 Å². The first-order valence-electron chi connectivity index (χ1n) is 6.85. The van der Waals surface area contributed by atoms with Crippen LogP contribution in [0.3, 0.4) is 0 Å². The Hall–Kier alpha value is -1.88. The number of rotatable bonds is 4. The number of benzene rings is 1. The van der Waals surface area contributed by atoms with Crippen LogP contribution in [0.25, 0.3) is 0 Å². The van der Waals surface area contributed by atoms with E-state index < -0.39 is 6.09 Å². The molecule has 0 aromatic heterocycles. The molecule has 0 spiro atoms. The van der Waals surface area contributed by atoms with E-state index in [1.165, 1.54) is 0 Å². The zero-order chi connectivity index (χ0) is 14.4. The fourth-order valence-corrected chi connectivity index (χ4v) is 2.37. The van der Waals surface area contributed by atoms with Crippen molar-refractivity contribution in [3.8, 4) is 0 Å². The Morgan fingerprint density at radius 3 is 2.80 bits per heavy atom. The van der Waals surface area contributed by atoms with E-state index in [9.17, 15) is 9.59 Å². The van der Waals surface area contributed by atoms with Crippen LogP contribution in [0, 0.1) is 5.92 Å². The number of alkyl carbamates (subject to hydrolysis) is 1. The van der Waals surface area contributed by atoms with Gasteiger partial charge in [-0.25, -0.2) is 4.79 Å². The quantitative estimate of drug-likeness (QED) is 0.874. The lowest BCUT2D eigenvalue weighted by Gasteiger charge is -2.30. The number of amides is 1. The summed E-state index contributed by atoms with van der Waals surface area (Å²) in [4.78, 5) is 23.3. The van der Waals surface area contributed by atoms with E-state index in [1.807, 2.05) is 30.3 Å². The highest BCUT2D eigenvalue weighted by molar-refractivity contribution is 5.80. The van der Waals surface area contributed by atoms with Crippen LogP contribution in [-0.4, -0.2) is 31.0 Å². The van der Waals surface area contributed by atoms with Gasteiger partial charge < -0.3 is 15.4 Å². The van der Waals surface area contributed by atoms with Crippen LogP contribution in [0.15, 0.2) is 30.3 Å². The Kier molecular flexibility index (Phi) is 5.12. The molecule has 1 aromatic carbocycles. The smallest absolute Gasteiger partial charge is 0.407 e. The summed E-state index contributed by atoms with van der Waals surface area (Å²) < 4.78 is 5.18. The monoisotopic (exact) mass is 276 g/mol. The van der Waals surface area contributed by atoms with Crippen LogP contribution in [-0.2, 0) is 16.1 Å². The Labute approximate surface area is 118 Å². The molecule has 1 aromatic rings. The summed E-state index contributed by atoms with van der Waals surface area (Å²) in [6, 6.07) is 9.37. The normalized spacial score (nSPS) is 22.1. The number of carbonyl (C=O) groups is 2. The summed E-state index contributed by atoms with van der Waals surface area (Å²) in [6.07, 6.45) is 0.275. The highest BCUT2D eigenvalue weighted by atomic mass is 16.5. The van der Waals surface area contributed by atoms with Crippen LogP contribution >= 0.6 is 0 Å². The molecule has 1 aliphatic rings. The van der Waals surface area contributed by atoms with Crippen molar-refractivity contribution in [2.45, 2.75) is 26.0 Å². The summed E-state index contributed by atoms with van der Waals surface area (Å²) in [7, 11) is 0. The average molecular weight is 276 g/mol. The third-order valence-electron chi connectivity index (χ3n) is 3.52. The van der Waals surface area contributed by atoms with Gasteiger partial charge in [0.15, 0.2) is 0 Å². The van der Waals surface area contributed by atoms with Gasteiger partial charge in [0, 0.05) is 12.6 Å². The molecular weight excluding hydrogens is 256 g/mol. The van der Waals surface area contributed by atoms with Crippen LogP contribution in [0.4, 0.5) is 4.79 Å². The highest BCUT2D eigenvalue weighted by Gasteiger charge is 2.29. The third-order valence-corrected chi connectivity index (χ3v) is 3.52. The van der Waals surface area contributed by atoms with Gasteiger partial charge in [0.05, 0.1) is 5.92 Å². The van der Waals surface area contributed by atoms with E-state index in [2.05, 4.69) is 10.6 Å². The molecule has 0 radical (unpaired) electrons. The van der Waals surface area contributed by atoms with Gasteiger partial charge in [-0.05, 0) is 25.5 Å². The number of piperidine rings is 1. The second-order valence-corrected chi connectivity index (χ2v) is 5.02. The van der Waals surface area contributed by atoms with Gasteiger partial charge >= 0.3 is 6.09 Å². The molecule has 2 atom stereocenters. The molecule has 2 unspecified atom stereocenters. The molecule has 1 heterocycles. The highest BCUT2D eigenvalue weighted by Crippen LogP contribution is 2.13. The first-order chi connectivity index (χ1) is 9.66. The van der Waals surface area contributed by atoms with E-state index in [4.69, 9.17) is 4.74 Å². The molecule has 5 nitrogen and oxygen atoms in total. The number of carbonyl (C=O) groups excluding carboxylic acids is 2. The molecule has 2 N–H and O–H groups in total. The summed E-state index contributed by atoms with van der Waals surface area (Å²) in [5.41, 5.74) is 0.941. The third kappa shape index (κ3) is 4.06. The van der Waals surface area contributed by atoms with E-state index in [-0.39, 0.29) is 24.3 Å². The van der Waals surface area contributed by atoms with Gasteiger partial charge in [-0.2, -0.15) is 0 Å². The van der Waals surface area contributed by atoms with Crippen LogP contribution in [0.2, 0.25) is 0 Å².